The molecule has 0 spiro atoms. The van der Waals surface area contributed by atoms with Crippen LogP contribution >= 0.6 is 0 Å². The van der Waals surface area contributed by atoms with Crippen LogP contribution in [0.2, 0.25) is 0 Å². The number of carbonyl (C=O) groups is 1. The Labute approximate surface area is 107 Å². The van der Waals surface area contributed by atoms with E-state index in [0.717, 1.165) is 6.42 Å². The smallest absolute Gasteiger partial charge is 0.409 e. The van der Waals surface area contributed by atoms with Crippen molar-refractivity contribution in [1.82, 2.24) is 5.32 Å². The zero-order valence-corrected chi connectivity index (χ0v) is 10.1. The van der Waals surface area contributed by atoms with Crippen LogP contribution in [0.3, 0.4) is 0 Å². The fourth-order valence-electron chi connectivity index (χ4n) is 2.07. The Morgan fingerprint density at radius 1 is 1.47 bits per heavy atom. The number of rotatable bonds is 5. The molecule has 0 saturated heterocycles. The van der Waals surface area contributed by atoms with Crippen LogP contribution in [0.1, 0.15) is 19.3 Å². The van der Waals surface area contributed by atoms with Gasteiger partial charge < -0.3 is 21.0 Å². The van der Waals surface area contributed by atoms with Gasteiger partial charge in [-0.2, -0.15) is 13.2 Å². The number of nitrogens with zero attached hydrogens (tertiary/aromatic N) is 1. The predicted octanol–water partition coefficient (Wildman–Crippen LogP) is 0.597. The number of hydrogen-bond donors (Lipinski definition) is 3. The lowest BCUT2D eigenvalue weighted by Crippen LogP contribution is -2.44. The van der Waals surface area contributed by atoms with Crippen LogP contribution in [-0.4, -0.2) is 42.4 Å². The Morgan fingerprint density at radius 3 is 2.74 bits per heavy atom. The van der Waals surface area contributed by atoms with Gasteiger partial charge in [-0.1, -0.05) is 11.6 Å². The van der Waals surface area contributed by atoms with Crippen LogP contribution in [-0.2, 0) is 9.53 Å². The van der Waals surface area contributed by atoms with Crippen molar-refractivity contribution in [2.45, 2.75) is 31.5 Å². The number of amides is 1. The number of ether oxygens (including phenoxy) is 1. The summed E-state index contributed by atoms with van der Waals surface area (Å²) in [4.78, 5) is 11.4. The Kier molecular flexibility index (Phi) is 5.40. The van der Waals surface area contributed by atoms with Gasteiger partial charge in [0.25, 0.3) is 0 Å². The lowest BCUT2D eigenvalue weighted by molar-refractivity contribution is -0.175. The monoisotopic (exact) mass is 283 g/mol. The van der Waals surface area contributed by atoms with E-state index < -0.39 is 25.3 Å². The van der Waals surface area contributed by atoms with E-state index in [9.17, 15) is 18.0 Å². The average Bonchev–Trinajstić information content (AvgIpc) is 2.74. The predicted molar refractivity (Wildman–Crippen MR) is 59.6 cm³/mol. The first-order valence-electron chi connectivity index (χ1n) is 5.74. The number of halogens is 3. The van der Waals surface area contributed by atoms with Gasteiger partial charge in [0.1, 0.15) is 19.0 Å². The third-order valence-corrected chi connectivity index (χ3v) is 2.86. The molecule has 0 bridgehead atoms. The second-order valence-electron chi connectivity index (χ2n) is 4.34. The molecule has 6 nitrogen and oxygen atoms in total. The summed E-state index contributed by atoms with van der Waals surface area (Å²) in [6.45, 7) is -2.13. The highest BCUT2D eigenvalue weighted by Crippen LogP contribution is 2.25. The number of nitrogens with two attached hydrogens (primary N) is 1. The molecule has 2 unspecified atom stereocenters. The van der Waals surface area contributed by atoms with Gasteiger partial charge >= 0.3 is 6.18 Å². The number of amidine groups is 1. The fourth-order valence-corrected chi connectivity index (χ4v) is 2.07. The topological polar surface area (TPSA) is 96.9 Å². The number of nitrogens with one attached hydrogen (secondary N) is 1. The third kappa shape index (κ3) is 5.33. The maximum atomic E-state index is 11.8. The number of alkyl halides is 3. The standard InChI is InChI=1S/C10H16F3N3O3/c11-10(12,13)5-19-4-8(17)15-7-3-1-2-6(7)9(14)16-18/h6-7,18H,1-5H2,(H2,14,16)(H,15,17). The third-order valence-electron chi connectivity index (χ3n) is 2.86. The highest BCUT2D eigenvalue weighted by Gasteiger charge is 2.32. The molecular weight excluding hydrogens is 267 g/mol. The molecule has 0 aromatic rings. The second-order valence-corrected chi connectivity index (χ2v) is 4.34. The van der Waals surface area contributed by atoms with E-state index in [2.05, 4.69) is 15.2 Å². The first-order chi connectivity index (χ1) is 8.83. The van der Waals surface area contributed by atoms with E-state index in [0.29, 0.717) is 12.8 Å². The summed E-state index contributed by atoms with van der Waals surface area (Å²) in [5.74, 6) is -0.928. The summed E-state index contributed by atoms with van der Waals surface area (Å²) in [6, 6.07) is -0.335. The number of carbonyl (C=O) groups excluding carboxylic acids is 1. The van der Waals surface area contributed by atoms with Gasteiger partial charge in [-0.15, -0.1) is 0 Å². The summed E-state index contributed by atoms with van der Waals surface area (Å²) in [7, 11) is 0. The molecule has 1 rings (SSSR count). The van der Waals surface area contributed by atoms with Crippen molar-refractivity contribution in [3.8, 4) is 0 Å². The minimum atomic E-state index is -4.45. The Bertz CT molecular complexity index is 347. The fraction of sp³-hybridized carbons (Fsp3) is 0.800. The second kappa shape index (κ2) is 6.60. The molecule has 1 aliphatic rings. The quantitative estimate of drug-likeness (QED) is 0.298. The van der Waals surface area contributed by atoms with Crippen LogP contribution in [0, 0.1) is 5.92 Å². The summed E-state index contributed by atoms with van der Waals surface area (Å²) >= 11 is 0. The Hall–Kier alpha value is -1.51. The molecule has 4 N–H and O–H groups in total. The number of hydrogen-bond acceptors (Lipinski definition) is 4. The minimum absolute atomic E-state index is 0.0130. The first-order valence-corrected chi connectivity index (χ1v) is 5.74. The van der Waals surface area contributed by atoms with Crippen LogP contribution in [0.5, 0.6) is 0 Å². The van der Waals surface area contributed by atoms with Gasteiger partial charge in [-0.05, 0) is 12.8 Å². The van der Waals surface area contributed by atoms with E-state index >= 15 is 0 Å². The molecule has 0 aromatic heterocycles. The van der Waals surface area contributed by atoms with Crippen molar-refractivity contribution in [3.05, 3.63) is 0 Å². The van der Waals surface area contributed by atoms with Crippen LogP contribution in [0.4, 0.5) is 13.2 Å². The summed E-state index contributed by atoms with van der Waals surface area (Å²) in [5.41, 5.74) is 5.47. The largest absolute Gasteiger partial charge is 0.411 e. The average molecular weight is 283 g/mol. The first kappa shape index (κ1) is 15.5. The van der Waals surface area contributed by atoms with Crippen LogP contribution in [0.25, 0.3) is 0 Å². The molecule has 110 valence electrons. The van der Waals surface area contributed by atoms with Crippen LogP contribution in [0.15, 0.2) is 5.16 Å². The zero-order valence-electron chi connectivity index (χ0n) is 10.1. The summed E-state index contributed by atoms with van der Waals surface area (Å²) in [5, 5.41) is 14.0. The summed E-state index contributed by atoms with van der Waals surface area (Å²) < 4.78 is 39.7. The van der Waals surface area contributed by atoms with Crippen molar-refractivity contribution in [2.24, 2.45) is 16.8 Å². The van der Waals surface area contributed by atoms with Crippen molar-refractivity contribution in [1.29, 1.82) is 0 Å². The Morgan fingerprint density at radius 2 is 2.16 bits per heavy atom. The highest BCUT2D eigenvalue weighted by atomic mass is 19.4. The molecule has 1 saturated carbocycles. The van der Waals surface area contributed by atoms with Gasteiger partial charge in [0, 0.05) is 12.0 Å². The normalized spacial score (nSPS) is 24.5. The molecule has 19 heavy (non-hydrogen) atoms. The molecule has 1 amide bonds. The molecule has 0 radical (unpaired) electrons. The van der Waals surface area contributed by atoms with Gasteiger partial charge in [-0.3, -0.25) is 4.79 Å². The molecular formula is C10H16F3N3O3. The van der Waals surface area contributed by atoms with E-state index in [1.807, 2.05) is 0 Å². The van der Waals surface area contributed by atoms with Crippen molar-refractivity contribution in [3.63, 3.8) is 0 Å². The molecule has 1 aliphatic carbocycles. The molecule has 0 aliphatic heterocycles. The van der Waals surface area contributed by atoms with Crippen LogP contribution < -0.4 is 11.1 Å². The van der Waals surface area contributed by atoms with Gasteiger partial charge in [-0.25, -0.2) is 0 Å². The molecule has 0 heterocycles. The highest BCUT2D eigenvalue weighted by molar-refractivity contribution is 5.84. The molecule has 1 fully saturated rings. The molecule has 9 heteroatoms. The zero-order chi connectivity index (χ0) is 14.5. The maximum absolute atomic E-state index is 11.8. The van der Waals surface area contributed by atoms with Gasteiger partial charge in [0.05, 0.1) is 0 Å². The van der Waals surface area contributed by atoms with Crippen molar-refractivity contribution >= 4 is 11.7 Å². The minimum Gasteiger partial charge on any atom is -0.409 e. The van der Waals surface area contributed by atoms with Gasteiger partial charge in [0.2, 0.25) is 5.91 Å². The molecule has 2 atom stereocenters. The van der Waals surface area contributed by atoms with E-state index in [-0.39, 0.29) is 17.8 Å². The van der Waals surface area contributed by atoms with E-state index in [1.54, 1.807) is 0 Å². The van der Waals surface area contributed by atoms with Crippen molar-refractivity contribution < 1.29 is 27.9 Å². The Balaban J connectivity index is 2.36. The maximum Gasteiger partial charge on any atom is 0.411 e. The van der Waals surface area contributed by atoms with Gasteiger partial charge in [0.15, 0.2) is 0 Å². The van der Waals surface area contributed by atoms with Crippen molar-refractivity contribution in [2.75, 3.05) is 13.2 Å². The number of oxime groups is 1. The lowest BCUT2D eigenvalue weighted by Gasteiger charge is -2.19. The summed E-state index contributed by atoms with van der Waals surface area (Å²) in [6.07, 6.45) is -2.38. The van der Waals surface area contributed by atoms with E-state index in [1.165, 1.54) is 0 Å². The SMILES string of the molecule is NC(=NO)C1CCCC1NC(=O)COCC(F)(F)F. The molecule has 0 aromatic carbocycles. The van der Waals surface area contributed by atoms with E-state index in [4.69, 9.17) is 10.9 Å². The lowest BCUT2D eigenvalue weighted by atomic mass is 10.0.